The van der Waals surface area contributed by atoms with Crippen molar-refractivity contribution >= 4 is 5.91 Å². The number of nitrogens with zero attached hydrogens (tertiary/aromatic N) is 1. The maximum atomic E-state index is 11.7. The number of benzene rings is 1. The first-order valence-corrected chi connectivity index (χ1v) is 10.9. The number of carbonyl (C=O) groups is 1. The molecular weight excluding hydrogens is 358 g/mol. The van der Waals surface area contributed by atoms with Crippen molar-refractivity contribution in [3.8, 4) is 0 Å². The van der Waals surface area contributed by atoms with Gasteiger partial charge in [0.25, 0.3) is 0 Å². The second-order valence-corrected chi connectivity index (χ2v) is 8.84. The van der Waals surface area contributed by atoms with Gasteiger partial charge >= 0.3 is 0 Å². The minimum absolute atomic E-state index is 0.172. The van der Waals surface area contributed by atoms with Crippen molar-refractivity contribution < 1.29 is 9.90 Å². The Morgan fingerprint density at radius 1 is 1.24 bits per heavy atom. The van der Waals surface area contributed by atoms with Gasteiger partial charge in [-0.1, -0.05) is 65.8 Å². The minimum atomic E-state index is -0.222. The van der Waals surface area contributed by atoms with E-state index in [1.54, 1.807) is 19.0 Å². The quantitative estimate of drug-likeness (QED) is 0.641. The van der Waals surface area contributed by atoms with E-state index in [2.05, 4.69) is 61.6 Å². The van der Waals surface area contributed by atoms with Gasteiger partial charge in [0.1, 0.15) is 0 Å². The van der Waals surface area contributed by atoms with Crippen LogP contribution < -0.4 is 0 Å². The molecule has 1 aromatic carbocycles. The summed E-state index contributed by atoms with van der Waals surface area (Å²) in [5.41, 5.74) is 4.05. The molecule has 0 radical (unpaired) electrons. The highest BCUT2D eigenvalue weighted by Crippen LogP contribution is 2.47. The Morgan fingerprint density at radius 3 is 2.83 bits per heavy atom. The van der Waals surface area contributed by atoms with Crippen molar-refractivity contribution in [1.82, 2.24) is 4.90 Å². The molecule has 3 nitrogen and oxygen atoms in total. The lowest BCUT2D eigenvalue weighted by Gasteiger charge is -2.17. The van der Waals surface area contributed by atoms with Crippen LogP contribution in [-0.4, -0.2) is 36.1 Å². The van der Waals surface area contributed by atoms with Gasteiger partial charge in [0.2, 0.25) is 5.91 Å². The van der Waals surface area contributed by atoms with Gasteiger partial charge in [-0.3, -0.25) is 4.79 Å². The lowest BCUT2D eigenvalue weighted by molar-refractivity contribution is -0.128. The molecule has 3 heteroatoms. The number of aliphatic hydroxyl groups excluding tert-OH is 1. The summed E-state index contributed by atoms with van der Waals surface area (Å²) in [6.45, 7) is 2.13. The third kappa shape index (κ3) is 5.93. The predicted molar refractivity (Wildman–Crippen MR) is 120 cm³/mol. The molecular formula is C26H35NO2. The van der Waals surface area contributed by atoms with Gasteiger partial charge in [-0.05, 0) is 56.4 Å². The van der Waals surface area contributed by atoms with Gasteiger partial charge in [-0.15, -0.1) is 0 Å². The number of carbonyl (C=O) groups excluding carboxylic acids is 1. The Bertz CT molecular complexity index is 790. The van der Waals surface area contributed by atoms with Crippen LogP contribution >= 0.6 is 0 Å². The Kier molecular flexibility index (Phi) is 7.49. The number of hydrogen-bond donors (Lipinski definition) is 1. The van der Waals surface area contributed by atoms with E-state index < -0.39 is 0 Å². The van der Waals surface area contributed by atoms with Gasteiger partial charge in [0.15, 0.2) is 0 Å². The molecule has 1 aromatic rings. The smallest absolute Gasteiger partial charge is 0.222 e. The predicted octanol–water partition coefficient (Wildman–Crippen LogP) is 4.85. The lowest BCUT2D eigenvalue weighted by Crippen LogP contribution is -2.20. The molecule has 4 atom stereocenters. The second kappa shape index (κ2) is 10.1. The van der Waals surface area contributed by atoms with E-state index in [0.717, 1.165) is 32.1 Å². The molecule has 1 fully saturated rings. The first-order chi connectivity index (χ1) is 13.9. The summed E-state index contributed by atoms with van der Waals surface area (Å²) in [6, 6.07) is 8.69. The molecule has 0 heterocycles. The van der Waals surface area contributed by atoms with E-state index >= 15 is 0 Å². The normalized spacial score (nSPS) is 26.3. The molecule has 1 saturated carbocycles. The maximum Gasteiger partial charge on any atom is 0.222 e. The Hall–Kier alpha value is -2.13. The standard InChI is InChI=1S/C26H35NO2/c1-19-9-8-12-20(15-19)10-4-6-13-23-24-17-21(16-22(24)18-25(23)28)11-5-7-14-26(29)27(2)3/h5-6,8-9,11-13,15-16,22-25,28H,4,7,10,14,17-18H2,1-3H3/t22-,23+,24?,25+/m0/s1. The molecule has 29 heavy (non-hydrogen) atoms. The topological polar surface area (TPSA) is 40.5 Å². The SMILES string of the molecule is Cc1cccc(CCC=C[C@@H]2C3CC(C=CCCC(=O)N(C)C)=C[C@H]3C[C@H]2O)c1. The number of allylic oxidation sites excluding steroid dienone is 5. The zero-order valence-corrected chi connectivity index (χ0v) is 18.1. The Balaban J connectivity index is 1.47. The molecule has 3 rings (SSSR count). The highest BCUT2D eigenvalue weighted by atomic mass is 16.3. The molecule has 0 bridgehead atoms. The Labute approximate surface area is 175 Å². The molecule has 2 aliphatic rings. The van der Waals surface area contributed by atoms with Crippen molar-refractivity contribution in [3.05, 3.63) is 71.3 Å². The molecule has 1 unspecified atom stereocenters. The van der Waals surface area contributed by atoms with Crippen molar-refractivity contribution in [2.45, 2.75) is 51.6 Å². The number of aliphatic hydroxyl groups is 1. The summed E-state index contributed by atoms with van der Waals surface area (Å²) in [7, 11) is 3.60. The average Bonchev–Trinajstić information content (AvgIpc) is 3.19. The van der Waals surface area contributed by atoms with Crippen molar-refractivity contribution in [2.24, 2.45) is 17.8 Å². The zero-order chi connectivity index (χ0) is 20.8. The van der Waals surface area contributed by atoms with Crippen LogP contribution in [0.25, 0.3) is 0 Å². The molecule has 0 spiro atoms. The summed E-state index contributed by atoms with van der Waals surface area (Å²) in [4.78, 5) is 13.3. The molecule has 2 aliphatic carbocycles. The molecule has 0 saturated heterocycles. The molecule has 1 amide bonds. The van der Waals surface area contributed by atoms with Gasteiger partial charge < -0.3 is 10.0 Å². The van der Waals surface area contributed by atoms with Gasteiger partial charge in [0.05, 0.1) is 6.10 Å². The van der Waals surface area contributed by atoms with E-state index in [0.29, 0.717) is 18.3 Å². The second-order valence-electron chi connectivity index (χ2n) is 8.84. The van der Waals surface area contributed by atoms with Crippen LogP contribution in [0.3, 0.4) is 0 Å². The highest BCUT2D eigenvalue weighted by Gasteiger charge is 2.42. The zero-order valence-electron chi connectivity index (χ0n) is 18.1. The molecule has 156 valence electrons. The summed E-state index contributed by atoms with van der Waals surface area (Å²) < 4.78 is 0. The van der Waals surface area contributed by atoms with E-state index in [-0.39, 0.29) is 17.9 Å². The minimum Gasteiger partial charge on any atom is -0.392 e. The number of fused-ring (bicyclic) bond motifs is 1. The van der Waals surface area contributed by atoms with Gasteiger partial charge in [-0.25, -0.2) is 0 Å². The summed E-state index contributed by atoms with van der Waals surface area (Å²) in [5.74, 6) is 1.43. The third-order valence-electron chi connectivity index (χ3n) is 6.30. The van der Waals surface area contributed by atoms with Crippen LogP contribution in [0.2, 0.25) is 0 Å². The van der Waals surface area contributed by atoms with E-state index in [1.807, 2.05) is 0 Å². The number of amides is 1. The molecule has 0 aliphatic heterocycles. The van der Waals surface area contributed by atoms with Crippen LogP contribution in [0.5, 0.6) is 0 Å². The Morgan fingerprint density at radius 2 is 2.07 bits per heavy atom. The number of aryl methyl sites for hydroxylation is 2. The van der Waals surface area contributed by atoms with Crippen molar-refractivity contribution in [2.75, 3.05) is 14.1 Å². The fourth-order valence-electron chi connectivity index (χ4n) is 4.71. The monoisotopic (exact) mass is 393 g/mol. The summed E-state index contributed by atoms with van der Waals surface area (Å²) in [5, 5.41) is 10.5. The fraction of sp³-hybridized carbons (Fsp3) is 0.500. The van der Waals surface area contributed by atoms with Crippen LogP contribution in [-0.2, 0) is 11.2 Å². The molecule has 1 N–H and O–H groups in total. The number of hydrogen-bond acceptors (Lipinski definition) is 2. The highest BCUT2D eigenvalue weighted by molar-refractivity contribution is 5.75. The van der Waals surface area contributed by atoms with E-state index in [9.17, 15) is 9.90 Å². The first kappa shape index (κ1) is 21.6. The van der Waals surface area contributed by atoms with Crippen LogP contribution in [0, 0.1) is 24.7 Å². The van der Waals surface area contributed by atoms with Crippen LogP contribution in [0.1, 0.15) is 43.2 Å². The molecule has 0 aromatic heterocycles. The first-order valence-electron chi connectivity index (χ1n) is 10.9. The largest absolute Gasteiger partial charge is 0.392 e. The lowest BCUT2D eigenvalue weighted by atomic mass is 9.89. The third-order valence-corrected chi connectivity index (χ3v) is 6.30. The van der Waals surface area contributed by atoms with Gasteiger partial charge in [-0.2, -0.15) is 0 Å². The van der Waals surface area contributed by atoms with Crippen molar-refractivity contribution in [1.29, 1.82) is 0 Å². The van der Waals surface area contributed by atoms with Crippen LogP contribution in [0.15, 0.2) is 60.2 Å². The average molecular weight is 394 g/mol. The summed E-state index contributed by atoms with van der Waals surface area (Å²) >= 11 is 0. The summed E-state index contributed by atoms with van der Waals surface area (Å²) in [6.07, 6.45) is 16.3. The number of rotatable bonds is 8. The van der Waals surface area contributed by atoms with Crippen molar-refractivity contribution in [3.63, 3.8) is 0 Å². The maximum absolute atomic E-state index is 11.7. The fourth-order valence-corrected chi connectivity index (χ4v) is 4.71. The van der Waals surface area contributed by atoms with E-state index in [4.69, 9.17) is 0 Å². The van der Waals surface area contributed by atoms with Gasteiger partial charge in [0, 0.05) is 26.4 Å². The van der Waals surface area contributed by atoms with Crippen LogP contribution in [0.4, 0.5) is 0 Å². The van der Waals surface area contributed by atoms with E-state index in [1.165, 1.54) is 16.7 Å².